The van der Waals surface area contributed by atoms with Gasteiger partial charge < -0.3 is 29.0 Å². The van der Waals surface area contributed by atoms with E-state index in [4.69, 9.17) is 33.3 Å². The topological polar surface area (TPSA) is 185 Å². The van der Waals surface area contributed by atoms with Gasteiger partial charge in [0.25, 0.3) is 0 Å². The number of nitrogens with zero attached hydrogens (tertiary/aromatic N) is 4. The Hall–Kier alpha value is -4.00. The summed E-state index contributed by atoms with van der Waals surface area (Å²) in [7, 11) is 0. The first-order valence-electron chi connectivity index (χ1n) is 8.61. The van der Waals surface area contributed by atoms with Crippen LogP contribution in [0.25, 0.3) is 11.6 Å². The number of aryl methyl sites for hydroxylation is 1. The Morgan fingerprint density at radius 3 is 2.50 bits per heavy atom. The van der Waals surface area contributed by atoms with Crippen molar-refractivity contribution in [2.75, 3.05) is 25.0 Å². The fraction of sp³-hybridized carbons (Fsp3) is 0.294. The zero-order valence-electron chi connectivity index (χ0n) is 15.6. The van der Waals surface area contributed by atoms with Crippen LogP contribution in [-0.4, -0.2) is 67.9 Å². The molecule has 13 heteroatoms. The Morgan fingerprint density at radius 2 is 1.93 bits per heavy atom. The fourth-order valence-corrected chi connectivity index (χ4v) is 2.57. The molecule has 4 rings (SSSR count). The number of amides is 1. The molecule has 3 aromatic heterocycles. The van der Waals surface area contributed by atoms with E-state index in [0.717, 1.165) is 0 Å². The Bertz CT molecular complexity index is 1010. The predicted molar refractivity (Wildman–Crippen MR) is 96.3 cm³/mol. The van der Waals surface area contributed by atoms with Crippen LogP contribution in [0.2, 0.25) is 0 Å². The molecule has 0 bridgehead atoms. The first-order valence-corrected chi connectivity index (χ1v) is 8.61. The lowest BCUT2D eigenvalue weighted by molar-refractivity contribution is -0.159. The number of carboxylic acids is 2. The number of likely N-dealkylation sites (tertiary alicyclic amines) is 1. The molecule has 13 nitrogen and oxygen atoms in total. The third-order valence-electron chi connectivity index (χ3n) is 3.94. The number of hydrogen-bond acceptors (Lipinski definition) is 10. The van der Waals surface area contributed by atoms with E-state index in [2.05, 4.69) is 20.6 Å². The van der Waals surface area contributed by atoms with Crippen molar-refractivity contribution in [3.8, 4) is 11.6 Å². The Balaban J connectivity index is 0.000000377. The van der Waals surface area contributed by atoms with E-state index in [1.165, 1.54) is 0 Å². The van der Waals surface area contributed by atoms with Gasteiger partial charge in [-0.1, -0.05) is 10.3 Å². The van der Waals surface area contributed by atoms with Gasteiger partial charge in [-0.05, 0) is 19.1 Å². The predicted octanol–water partition coefficient (Wildman–Crippen LogP) is 0.820. The van der Waals surface area contributed by atoms with Crippen LogP contribution in [0, 0.1) is 6.92 Å². The van der Waals surface area contributed by atoms with E-state index >= 15 is 0 Å². The highest BCUT2D eigenvalue weighted by molar-refractivity contribution is 6.27. The lowest BCUT2D eigenvalue weighted by Gasteiger charge is -2.36. The van der Waals surface area contributed by atoms with Crippen molar-refractivity contribution in [2.45, 2.75) is 12.8 Å². The Morgan fingerprint density at radius 1 is 1.20 bits per heavy atom. The Labute approximate surface area is 168 Å². The highest BCUT2D eigenvalue weighted by Crippen LogP contribution is 2.27. The van der Waals surface area contributed by atoms with Gasteiger partial charge in [-0.3, -0.25) is 9.69 Å². The van der Waals surface area contributed by atoms with Crippen LogP contribution in [0.5, 0.6) is 0 Å². The summed E-state index contributed by atoms with van der Waals surface area (Å²) in [4.78, 5) is 36.5. The van der Waals surface area contributed by atoms with Gasteiger partial charge in [-0.25, -0.2) is 9.59 Å². The summed E-state index contributed by atoms with van der Waals surface area (Å²) in [6.07, 6.45) is 1.56. The third-order valence-corrected chi connectivity index (χ3v) is 3.94. The molecule has 1 aliphatic heterocycles. The van der Waals surface area contributed by atoms with Crippen molar-refractivity contribution in [2.24, 2.45) is 0 Å². The van der Waals surface area contributed by atoms with Gasteiger partial charge >= 0.3 is 11.9 Å². The summed E-state index contributed by atoms with van der Waals surface area (Å²) in [5, 5.41) is 25.1. The molecule has 0 saturated carbocycles. The van der Waals surface area contributed by atoms with Crippen molar-refractivity contribution in [1.29, 1.82) is 0 Å². The van der Waals surface area contributed by atoms with Crippen LogP contribution in [0.4, 0.5) is 5.82 Å². The zero-order chi connectivity index (χ0) is 21.7. The fourth-order valence-electron chi connectivity index (χ4n) is 2.57. The summed E-state index contributed by atoms with van der Waals surface area (Å²) in [5.74, 6) is -1.01. The van der Waals surface area contributed by atoms with E-state index in [1.807, 2.05) is 4.90 Å². The second-order valence-electron chi connectivity index (χ2n) is 6.31. The molecule has 1 aliphatic rings. The molecule has 1 amide bonds. The lowest BCUT2D eigenvalue weighted by atomic mass is 10.0. The minimum Gasteiger partial charge on any atom is -0.473 e. The van der Waals surface area contributed by atoms with Crippen molar-refractivity contribution >= 4 is 23.7 Å². The monoisotopic (exact) mass is 419 g/mol. The van der Waals surface area contributed by atoms with Crippen molar-refractivity contribution in [3.05, 3.63) is 36.1 Å². The number of hydrogen-bond donors (Lipinski definition) is 3. The zero-order valence-corrected chi connectivity index (χ0v) is 15.6. The number of carbonyl (C=O) groups is 3. The molecule has 0 aromatic carbocycles. The molecule has 0 aliphatic carbocycles. The van der Waals surface area contributed by atoms with Gasteiger partial charge in [0.2, 0.25) is 17.6 Å². The van der Waals surface area contributed by atoms with Crippen LogP contribution in [0.1, 0.15) is 17.6 Å². The molecule has 0 radical (unpaired) electrons. The minimum atomic E-state index is -1.82. The number of aromatic nitrogens is 3. The molecule has 158 valence electrons. The number of nitrogens with one attached hydrogen (secondary N) is 1. The van der Waals surface area contributed by atoms with Crippen LogP contribution in [0.3, 0.4) is 0 Å². The van der Waals surface area contributed by atoms with Gasteiger partial charge in [0.05, 0.1) is 18.7 Å². The van der Waals surface area contributed by atoms with Gasteiger partial charge in [0.15, 0.2) is 11.6 Å². The average Bonchev–Trinajstić information content (AvgIpc) is 3.40. The maximum atomic E-state index is 11.9. The van der Waals surface area contributed by atoms with E-state index in [0.29, 0.717) is 42.1 Å². The number of rotatable bonds is 5. The second-order valence-corrected chi connectivity index (χ2v) is 6.31. The number of anilines is 1. The van der Waals surface area contributed by atoms with Gasteiger partial charge in [0.1, 0.15) is 5.76 Å². The first-order chi connectivity index (χ1) is 14.3. The normalized spacial score (nSPS) is 13.8. The van der Waals surface area contributed by atoms with Crippen LogP contribution >= 0.6 is 0 Å². The molecule has 30 heavy (non-hydrogen) atoms. The molecular weight excluding hydrogens is 402 g/mol. The second kappa shape index (κ2) is 9.00. The summed E-state index contributed by atoms with van der Waals surface area (Å²) in [6, 6.07) is 5.22. The minimum absolute atomic E-state index is 0.128. The molecule has 0 spiro atoms. The number of carboxylic acid groups (broad SMARTS) is 2. The van der Waals surface area contributed by atoms with E-state index in [1.54, 1.807) is 31.4 Å². The summed E-state index contributed by atoms with van der Waals surface area (Å²) in [6.45, 7) is 3.42. The van der Waals surface area contributed by atoms with E-state index in [-0.39, 0.29) is 18.4 Å². The van der Waals surface area contributed by atoms with Gasteiger partial charge in [0, 0.05) is 19.2 Å². The molecule has 1 saturated heterocycles. The van der Waals surface area contributed by atoms with Crippen molar-refractivity contribution in [3.63, 3.8) is 0 Å². The SMILES string of the molecule is Cc1cc(NC(=O)CN2CC(c3nc(-c4ccco4)no3)C2)no1.O=C(O)C(=O)O. The standard InChI is InChI=1S/C15H15N5O4.C2H2O4/c1-9-5-12(18-23-9)16-13(21)8-20-6-10(7-20)15-17-14(19-24-15)11-3-2-4-22-11;3-1(4)2(5)6/h2-5,10H,6-8H2,1H3,(H,16,18,21);(H,3,4)(H,5,6). The maximum Gasteiger partial charge on any atom is 0.414 e. The lowest BCUT2D eigenvalue weighted by Crippen LogP contribution is -2.48. The van der Waals surface area contributed by atoms with Crippen LogP contribution in [-0.2, 0) is 14.4 Å². The average molecular weight is 419 g/mol. The smallest absolute Gasteiger partial charge is 0.414 e. The molecule has 3 N–H and O–H groups in total. The van der Waals surface area contributed by atoms with Gasteiger partial charge in [-0.2, -0.15) is 4.98 Å². The first kappa shape index (κ1) is 20.7. The van der Waals surface area contributed by atoms with Crippen molar-refractivity contribution in [1.82, 2.24) is 20.2 Å². The quantitative estimate of drug-likeness (QED) is 0.495. The summed E-state index contributed by atoms with van der Waals surface area (Å²) < 4.78 is 15.4. The van der Waals surface area contributed by atoms with Crippen molar-refractivity contribution < 1.29 is 38.1 Å². The largest absolute Gasteiger partial charge is 0.473 e. The van der Waals surface area contributed by atoms with E-state index < -0.39 is 11.9 Å². The molecule has 3 aromatic rings. The van der Waals surface area contributed by atoms with E-state index in [9.17, 15) is 4.79 Å². The number of furan rings is 1. The molecular formula is C17H17N5O8. The van der Waals surface area contributed by atoms with Gasteiger partial charge in [-0.15, -0.1) is 0 Å². The highest BCUT2D eigenvalue weighted by atomic mass is 16.5. The molecule has 0 unspecified atom stereocenters. The third kappa shape index (κ3) is 5.29. The molecule has 1 fully saturated rings. The number of aliphatic carboxylic acids is 2. The Kier molecular flexibility index (Phi) is 6.22. The summed E-state index contributed by atoms with van der Waals surface area (Å²) >= 11 is 0. The molecule has 0 atom stereocenters. The van der Waals surface area contributed by atoms with Crippen LogP contribution in [0.15, 0.2) is 37.9 Å². The highest BCUT2D eigenvalue weighted by Gasteiger charge is 2.34. The summed E-state index contributed by atoms with van der Waals surface area (Å²) in [5.41, 5.74) is 0. The number of carbonyl (C=O) groups excluding carboxylic acids is 1. The van der Waals surface area contributed by atoms with Crippen LogP contribution < -0.4 is 5.32 Å². The molecule has 4 heterocycles. The maximum absolute atomic E-state index is 11.9.